The highest BCUT2D eigenvalue weighted by Gasteiger charge is 2.24. The minimum Gasteiger partial charge on any atom is -0.268 e. The van der Waals surface area contributed by atoms with Crippen LogP contribution in [0.3, 0.4) is 0 Å². The van der Waals surface area contributed by atoms with E-state index in [0.29, 0.717) is 5.56 Å². The van der Waals surface area contributed by atoms with Crippen molar-refractivity contribution >= 4 is 50.7 Å². The first-order chi connectivity index (χ1) is 17.2. The number of aromatic nitrogens is 1. The van der Waals surface area contributed by atoms with Crippen LogP contribution in [0.1, 0.15) is 45.4 Å². The van der Waals surface area contributed by atoms with Gasteiger partial charge < -0.3 is 0 Å². The van der Waals surface area contributed by atoms with Gasteiger partial charge in [0.1, 0.15) is 0 Å². The first-order valence-electron chi connectivity index (χ1n) is 11.3. The third-order valence-electron chi connectivity index (χ3n) is 5.61. The lowest BCUT2D eigenvalue weighted by molar-refractivity contribution is 0.0981. The van der Waals surface area contributed by atoms with E-state index >= 15 is 0 Å². The predicted octanol–water partition coefficient (Wildman–Crippen LogP) is 7.09. The lowest BCUT2D eigenvalue weighted by Gasteiger charge is -2.16. The minimum absolute atomic E-state index is 0.0136. The zero-order chi connectivity index (χ0) is 25.9. The highest BCUT2D eigenvalue weighted by Crippen LogP contribution is 2.32. The number of carbonyl (C=O) groups is 1. The summed E-state index contributed by atoms with van der Waals surface area (Å²) in [5, 5.41) is 0.387. The highest BCUT2D eigenvalue weighted by atomic mass is 35.5. The van der Waals surface area contributed by atoms with Crippen LogP contribution in [0.2, 0.25) is 10.0 Å². The predicted molar refractivity (Wildman–Crippen MR) is 147 cm³/mol. The summed E-state index contributed by atoms with van der Waals surface area (Å²) in [7, 11) is -4.21. The second-order valence-electron chi connectivity index (χ2n) is 8.41. The molecule has 0 spiro atoms. The van der Waals surface area contributed by atoms with E-state index in [9.17, 15) is 13.2 Å². The zero-order valence-electron chi connectivity index (χ0n) is 19.7. The van der Waals surface area contributed by atoms with Crippen molar-refractivity contribution in [1.82, 2.24) is 9.10 Å². The van der Waals surface area contributed by atoms with Crippen LogP contribution in [0.4, 0.5) is 0 Å². The molecule has 0 saturated heterocycles. The van der Waals surface area contributed by atoms with Gasteiger partial charge in [-0.2, -0.15) is 4.37 Å². The number of nitrogens with one attached hydrogen (secondary N) is 1. The van der Waals surface area contributed by atoms with Gasteiger partial charge in [0.25, 0.3) is 15.9 Å². The summed E-state index contributed by atoms with van der Waals surface area (Å²) in [4.78, 5) is 14.0. The second kappa shape index (κ2) is 11.1. The van der Waals surface area contributed by atoms with Gasteiger partial charge in [-0.05, 0) is 71.9 Å². The number of halogens is 2. The van der Waals surface area contributed by atoms with Crippen LogP contribution >= 0.6 is 34.7 Å². The van der Waals surface area contributed by atoms with E-state index in [2.05, 4.69) is 28.2 Å². The Hall–Kier alpha value is -2.71. The van der Waals surface area contributed by atoms with Gasteiger partial charge in [0.05, 0.1) is 21.2 Å². The Morgan fingerprint density at radius 1 is 1.00 bits per heavy atom. The van der Waals surface area contributed by atoms with Gasteiger partial charge >= 0.3 is 0 Å². The molecule has 0 aliphatic carbocycles. The number of nitrogens with zero attached hydrogens (tertiary/aromatic N) is 1. The molecule has 1 aromatic heterocycles. The van der Waals surface area contributed by atoms with Crippen LogP contribution in [0, 0.1) is 6.92 Å². The molecule has 4 aromatic rings. The fourth-order valence-electron chi connectivity index (χ4n) is 4.02. The average Bonchev–Trinajstić information content (AvgIpc) is 3.25. The maximum absolute atomic E-state index is 13.4. The SMILES string of the molecule is CCCc1cc(Cc2cc(C)ns2)ccc1-c1ccccc1S(=O)(=O)NC(=O)c1cc(Cl)ccc1Cl. The first-order valence-corrected chi connectivity index (χ1v) is 14.3. The largest absolute Gasteiger partial charge is 0.268 e. The van der Waals surface area contributed by atoms with Crippen molar-refractivity contribution in [3.63, 3.8) is 0 Å². The van der Waals surface area contributed by atoms with Crippen LogP contribution in [-0.4, -0.2) is 18.7 Å². The van der Waals surface area contributed by atoms with Crippen LogP contribution in [0.25, 0.3) is 11.1 Å². The van der Waals surface area contributed by atoms with Crippen LogP contribution in [-0.2, 0) is 22.9 Å². The molecule has 0 aliphatic heterocycles. The molecule has 0 unspecified atom stereocenters. The smallest absolute Gasteiger partial charge is 0.266 e. The number of carbonyl (C=O) groups excluding carboxylic acids is 1. The summed E-state index contributed by atoms with van der Waals surface area (Å²) in [6.45, 7) is 4.06. The maximum Gasteiger partial charge on any atom is 0.266 e. The molecule has 36 heavy (non-hydrogen) atoms. The number of rotatable bonds is 8. The topological polar surface area (TPSA) is 76.1 Å². The quantitative estimate of drug-likeness (QED) is 0.250. The fraction of sp³-hybridized carbons (Fsp3) is 0.185. The summed E-state index contributed by atoms with van der Waals surface area (Å²) in [6.07, 6.45) is 2.44. The van der Waals surface area contributed by atoms with Crippen LogP contribution in [0.15, 0.2) is 71.6 Å². The van der Waals surface area contributed by atoms with Crippen molar-refractivity contribution in [1.29, 1.82) is 0 Å². The van der Waals surface area contributed by atoms with E-state index in [0.717, 1.165) is 41.6 Å². The van der Waals surface area contributed by atoms with Crippen molar-refractivity contribution in [2.75, 3.05) is 0 Å². The maximum atomic E-state index is 13.4. The lowest BCUT2D eigenvalue weighted by Crippen LogP contribution is -2.31. The van der Waals surface area contributed by atoms with E-state index in [1.807, 2.05) is 19.1 Å². The van der Waals surface area contributed by atoms with Gasteiger partial charge in [-0.3, -0.25) is 4.79 Å². The highest BCUT2D eigenvalue weighted by molar-refractivity contribution is 7.90. The molecule has 0 atom stereocenters. The molecular weight excluding hydrogens is 535 g/mol. The van der Waals surface area contributed by atoms with Gasteiger partial charge in [-0.15, -0.1) is 0 Å². The third-order valence-corrected chi connectivity index (χ3v) is 8.44. The van der Waals surface area contributed by atoms with Gasteiger partial charge in [0.2, 0.25) is 0 Å². The molecular formula is C27H24Cl2N2O3S2. The van der Waals surface area contributed by atoms with Crippen LogP contribution < -0.4 is 4.72 Å². The summed E-state index contributed by atoms with van der Waals surface area (Å²) in [5.74, 6) is -0.846. The Balaban J connectivity index is 1.71. The first kappa shape index (κ1) is 26.4. The number of sulfonamides is 1. The molecule has 0 saturated carbocycles. The van der Waals surface area contributed by atoms with Crippen LogP contribution in [0.5, 0.6) is 0 Å². The molecule has 9 heteroatoms. The Kier molecular flexibility index (Phi) is 8.15. The molecule has 0 bridgehead atoms. The number of amides is 1. The average molecular weight is 560 g/mol. The van der Waals surface area contributed by atoms with Crippen molar-refractivity contribution in [2.24, 2.45) is 0 Å². The normalized spacial score (nSPS) is 11.4. The molecule has 1 heterocycles. The van der Waals surface area contributed by atoms with Crippen molar-refractivity contribution < 1.29 is 13.2 Å². The molecule has 1 amide bonds. The van der Waals surface area contributed by atoms with E-state index in [-0.39, 0.29) is 20.5 Å². The fourth-order valence-corrected chi connectivity index (χ4v) is 6.36. The number of aryl methyl sites for hydroxylation is 2. The summed E-state index contributed by atoms with van der Waals surface area (Å²) in [6, 6.07) is 19.2. The van der Waals surface area contributed by atoms with E-state index in [4.69, 9.17) is 23.2 Å². The molecule has 3 aromatic carbocycles. The Morgan fingerprint density at radius 2 is 1.78 bits per heavy atom. The summed E-state index contributed by atoms with van der Waals surface area (Å²) >= 11 is 13.6. The van der Waals surface area contributed by atoms with Gasteiger partial charge in [-0.1, -0.05) is 72.9 Å². The number of hydrogen-bond acceptors (Lipinski definition) is 5. The monoisotopic (exact) mass is 558 g/mol. The third kappa shape index (κ3) is 5.98. The van der Waals surface area contributed by atoms with E-state index < -0.39 is 15.9 Å². The van der Waals surface area contributed by atoms with Crippen molar-refractivity contribution in [3.05, 3.63) is 104 Å². The molecule has 0 fully saturated rings. The van der Waals surface area contributed by atoms with Crippen molar-refractivity contribution in [3.8, 4) is 11.1 Å². The van der Waals surface area contributed by atoms with Gasteiger partial charge in [0, 0.05) is 21.9 Å². The Bertz CT molecular complexity index is 1530. The minimum atomic E-state index is -4.21. The molecule has 186 valence electrons. The molecule has 1 N–H and O–H groups in total. The lowest BCUT2D eigenvalue weighted by atomic mass is 9.94. The Morgan fingerprint density at radius 3 is 2.50 bits per heavy atom. The number of benzene rings is 3. The van der Waals surface area contributed by atoms with Gasteiger partial charge in [0.15, 0.2) is 0 Å². The van der Waals surface area contributed by atoms with E-state index in [1.165, 1.54) is 40.7 Å². The molecule has 5 nitrogen and oxygen atoms in total. The molecule has 4 rings (SSSR count). The zero-order valence-corrected chi connectivity index (χ0v) is 22.9. The summed E-state index contributed by atoms with van der Waals surface area (Å²) < 4.78 is 33.3. The Labute approximate surface area is 225 Å². The van der Waals surface area contributed by atoms with E-state index in [1.54, 1.807) is 18.2 Å². The molecule has 0 aliphatic rings. The number of hydrogen-bond donors (Lipinski definition) is 1. The second-order valence-corrected chi connectivity index (χ2v) is 11.8. The molecule has 0 radical (unpaired) electrons. The standard InChI is InChI=1S/C27H24Cl2N2O3S2/c1-3-6-19-14-18(15-21-13-17(2)30-35-21)9-11-22(19)23-7-4-5-8-26(23)36(33,34)31-27(32)24-16-20(28)10-12-25(24)29/h4-5,7-14,16H,3,6,15H2,1-2H3,(H,31,32). The van der Waals surface area contributed by atoms with Crippen molar-refractivity contribution in [2.45, 2.75) is 38.0 Å². The van der Waals surface area contributed by atoms with Gasteiger partial charge in [-0.25, -0.2) is 13.1 Å². The summed E-state index contributed by atoms with van der Waals surface area (Å²) in [5.41, 5.74) is 4.51.